The first-order valence-electron chi connectivity index (χ1n) is 6.51. The van der Waals surface area contributed by atoms with E-state index in [1.807, 2.05) is 0 Å². The van der Waals surface area contributed by atoms with Gasteiger partial charge in [-0.05, 0) is 24.3 Å². The molecule has 0 bridgehead atoms. The van der Waals surface area contributed by atoms with Gasteiger partial charge in [0.2, 0.25) is 5.91 Å². The van der Waals surface area contributed by atoms with Crippen molar-refractivity contribution >= 4 is 46.2 Å². The summed E-state index contributed by atoms with van der Waals surface area (Å²) in [6.45, 7) is 0. The minimum Gasteiger partial charge on any atom is -0.341 e. The molecule has 22 heavy (non-hydrogen) atoms. The lowest BCUT2D eigenvalue weighted by molar-refractivity contribution is -0.115. The van der Waals surface area contributed by atoms with Gasteiger partial charge in [-0.1, -0.05) is 29.4 Å². The summed E-state index contributed by atoms with van der Waals surface area (Å²) in [4.78, 5) is 27.2. The first kappa shape index (κ1) is 16.4. The van der Waals surface area contributed by atoms with Gasteiger partial charge in [0.15, 0.2) is 5.17 Å². The Hall–Kier alpha value is -1.99. The van der Waals surface area contributed by atoms with E-state index in [1.165, 1.54) is 18.8 Å². The normalized spacial score (nSPS) is 15.4. The maximum atomic E-state index is 11.8. The summed E-state index contributed by atoms with van der Waals surface area (Å²) in [5, 5.41) is 8.97. The van der Waals surface area contributed by atoms with E-state index in [-0.39, 0.29) is 18.4 Å². The van der Waals surface area contributed by atoms with Crippen LogP contribution in [0.15, 0.2) is 41.0 Å². The molecule has 0 saturated carbocycles. The van der Waals surface area contributed by atoms with Gasteiger partial charge in [0.05, 0.1) is 5.70 Å². The molecule has 0 aromatic heterocycles. The number of benzene rings is 1. The van der Waals surface area contributed by atoms with Crippen LogP contribution in [-0.4, -0.2) is 29.9 Å². The zero-order chi connectivity index (χ0) is 15.9. The second-order valence-electron chi connectivity index (χ2n) is 4.36. The van der Waals surface area contributed by atoms with Gasteiger partial charge in [0.1, 0.15) is 0 Å². The molecule has 0 atom stereocenters. The van der Waals surface area contributed by atoms with Gasteiger partial charge in [-0.3, -0.25) is 10.1 Å². The molecule has 0 fully saturated rings. The number of amides is 3. The Balaban J connectivity index is 1.85. The van der Waals surface area contributed by atoms with Crippen LogP contribution in [0.5, 0.6) is 0 Å². The second-order valence-corrected chi connectivity index (χ2v) is 5.76. The maximum Gasteiger partial charge on any atom is 0.320 e. The SMILES string of the molecule is CNC(=O)NC1=NC(=CCC(=O)Nc2ccc(Cl)cc2)CS1. The molecule has 0 spiro atoms. The van der Waals surface area contributed by atoms with Crippen molar-refractivity contribution in [3.8, 4) is 0 Å². The largest absolute Gasteiger partial charge is 0.341 e. The van der Waals surface area contributed by atoms with Crippen LogP contribution in [0.25, 0.3) is 0 Å². The van der Waals surface area contributed by atoms with Crippen LogP contribution in [-0.2, 0) is 4.79 Å². The fourth-order valence-electron chi connectivity index (χ4n) is 1.62. The molecule has 1 aromatic carbocycles. The Labute approximate surface area is 137 Å². The first-order valence-corrected chi connectivity index (χ1v) is 7.88. The Morgan fingerprint density at radius 1 is 1.32 bits per heavy atom. The van der Waals surface area contributed by atoms with Crippen molar-refractivity contribution in [2.75, 3.05) is 18.1 Å². The van der Waals surface area contributed by atoms with Crippen molar-refractivity contribution < 1.29 is 9.59 Å². The van der Waals surface area contributed by atoms with Crippen LogP contribution < -0.4 is 16.0 Å². The van der Waals surface area contributed by atoms with Crippen LogP contribution in [0.1, 0.15) is 6.42 Å². The highest BCUT2D eigenvalue weighted by Gasteiger charge is 2.14. The van der Waals surface area contributed by atoms with Crippen molar-refractivity contribution in [1.29, 1.82) is 0 Å². The molecule has 1 aromatic rings. The highest BCUT2D eigenvalue weighted by atomic mass is 35.5. The zero-order valence-electron chi connectivity index (χ0n) is 11.9. The number of anilines is 1. The molecule has 0 aliphatic carbocycles. The quantitative estimate of drug-likeness (QED) is 0.792. The highest BCUT2D eigenvalue weighted by Crippen LogP contribution is 2.20. The molecule has 1 heterocycles. The monoisotopic (exact) mass is 338 g/mol. The molecule has 1 aliphatic rings. The number of amidine groups is 1. The van der Waals surface area contributed by atoms with Gasteiger partial charge >= 0.3 is 6.03 Å². The van der Waals surface area contributed by atoms with Crippen molar-refractivity contribution in [2.45, 2.75) is 6.42 Å². The van der Waals surface area contributed by atoms with Crippen molar-refractivity contribution in [1.82, 2.24) is 10.6 Å². The summed E-state index contributed by atoms with van der Waals surface area (Å²) >= 11 is 7.20. The number of thioether (sulfide) groups is 1. The summed E-state index contributed by atoms with van der Waals surface area (Å²) in [5.41, 5.74) is 1.46. The van der Waals surface area contributed by atoms with Crippen molar-refractivity contribution in [2.24, 2.45) is 4.99 Å². The molecule has 0 unspecified atom stereocenters. The van der Waals surface area contributed by atoms with Crippen LogP contribution in [0, 0.1) is 0 Å². The van der Waals surface area contributed by atoms with Gasteiger partial charge in [0, 0.05) is 29.9 Å². The summed E-state index contributed by atoms with van der Waals surface area (Å²) in [6, 6.07) is 6.59. The molecule has 116 valence electrons. The third-order valence-electron chi connectivity index (χ3n) is 2.70. The third-order valence-corrected chi connectivity index (χ3v) is 3.86. The minimum absolute atomic E-state index is 0.136. The maximum absolute atomic E-state index is 11.8. The molecule has 0 radical (unpaired) electrons. The number of carbonyl (C=O) groups is 2. The highest BCUT2D eigenvalue weighted by molar-refractivity contribution is 8.14. The van der Waals surface area contributed by atoms with E-state index in [4.69, 9.17) is 11.6 Å². The number of nitrogens with one attached hydrogen (secondary N) is 3. The van der Waals surface area contributed by atoms with Gasteiger partial charge < -0.3 is 10.6 Å². The Morgan fingerprint density at radius 3 is 2.73 bits per heavy atom. The van der Waals surface area contributed by atoms with Crippen LogP contribution in [0.3, 0.4) is 0 Å². The van der Waals surface area contributed by atoms with Gasteiger partial charge in [-0.2, -0.15) is 0 Å². The lowest BCUT2D eigenvalue weighted by Crippen LogP contribution is -2.35. The number of hydrogen-bond acceptors (Lipinski definition) is 4. The molecule has 2 rings (SSSR count). The number of hydrogen-bond donors (Lipinski definition) is 3. The average molecular weight is 339 g/mol. The number of aliphatic imine (C=N–C) groups is 1. The molecular formula is C14H15ClN4O2S. The van der Waals surface area contributed by atoms with Gasteiger partial charge in [0.25, 0.3) is 0 Å². The number of rotatable bonds is 3. The standard InChI is InChI=1S/C14H15ClN4O2S/c1-16-13(21)19-14-18-11(8-22-14)6-7-12(20)17-10-4-2-9(15)3-5-10/h2-6H,7-8H2,1H3,(H,17,20)(H2,16,18,19,21). The predicted octanol–water partition coefficient (Wildman–Crippen LogP) is 2.58. The van der Waals surface area contributed by atoms with Crippen LogP contribution >= 0.6 is 23.4 Å². The molecule has 3 amide bonds. The molecule has 0 saturated heterocycles. The lowest BCUT2D eigenvalue weighted by Gasteiger charge is -2.03. The third kappa shape index (κ3) is 5.09. The summed E-state index contributed by atoms with van der Waals surface area (Å²) in [5.74, 6) is 0.496. The molecule has 3 N–H and O–H groups in total. The first-order chi connectivity index (χ1) is 10.6. The Bertz CT molecular complexity index is 628. The topological polar surface area (TPSA) is 82.6 Å². The summed E-state index contributed by atoms with van der Waals surface area (Å²) in [6.07, 6.45) is 1.96. The summed E-state index contributed by atoms with van der Waals surface area (Å²) in [7, 11) is 1.54. The number of carbonyl (C=O) groups excluding carboxylic acids is 2. The molecular weight excluding hydrogens is 324 g/mol. The van der Waals surface area contributed by atoms with Gasteiger partial charge in [-0.15, -0.1) is 0 Å². The van der Waals surface area contributed by atoms with E-state index in [2.05, 4.69) is 20.9 Å². The van der Waals surface area contributed by atoms with Crippen molar-refractivity contribution in [3.63, 3.8) is 0 Å². The van der Waals surface area contributed by atoms with E-state index >= 15 is 0 Å². The van der Waals surface area contributed by atoms with E-state index in [0.717, 1.165) is 5.70 Å². The Morgan fingerprint density at radius 2 is 2.05 bits per heavy atom. The number of urea groups is 1. The van der Waals surface area contributed by atoms with Crippen molar-refractivity contribution in [3.05, 3.63) is 41.1 Å². The van der Waals surface area contributed by atoms with Gasteiger partial charge in [-0.25, -0.2) is 9.79 Å². The van der Waals surface area contributed by atoms with Crippen LogP contribution in [0.4, 0.5) is 10.5 Å². The lowest BCUT2D eigenvalue weighted by atomic mass is 10.3. The minimum atomic E-state index is -0.312. The fraction of sp³-hybridized carbons (Fsp3) is 0.214. The molecule has 8 heteroatoms. The molecule has 6 nitrogen and oxygen atoms in total. The molecule has 1 aliphatic heterocycles. The zero-order valence-corrected chi connectivity index (χ0v) is 13.4. The van der Waals surface area contributed by atoms with E-state index in [9.17, 15) is 9.59 Å². The number of halogens is 1. The second kappa shape index (κ2) is 7.86. The average Bonchev–Trinajstić information content (AvgIpc) is 2.95. The smallest absolute Gasteiger partial charge is 0.320 e. The summed E-state index contributed by atoms with van der Waals surface area (Å²) < 4.78 is 0. The van der Waals surface area contributed by atoms with E-state index in [1.54, 1.807) is 30.3 Å². The predicted molar refractivity (Wildman–Crippen MR) is 90.3 cm³/mol. The fourth-order valence-corrected chi connectivity index (χ4v) is 2.56. The van der Waals surface area contributed by atoms with Crippen LogP contribution in [0.2, 0.25) is 5.02 Å². The number of nitrogens with zero attached hydrogens (tertiary/aromatic N) is 1. The van der Waals surface area contributed by atoms with E-state index in [0.29, 0.717) is 21.6 Å². The Kier molecular flexibility index (Phi) is 5.85. The van der Waals surface area contributed by atoms with E-state index < -0.39 is 0 Å².